The van der Waals surface area contributed by atoms with Gasteiger partial charge in [-0.3, -0.25) is 0 Å². The molecule has 2 rings (SSSR count). The maximum atomic E-state index is 8.71. The minimum absolute atomic E-state index is 0.118. The molecule has 19 heavy (non-hydrogen) atoms. The van der Waals surface area contributed by atoms with E-state index in [9.17, 15) is 0 Å². The molecule has 2 aromatic rings. The second-order valence-corrected chi connectivity index (χ2v) is 4.82. The molecule has 0 saturated carbocycles. The first-order chi connectivity index (χ1) is 9.02. The predicted octanol–water partition coefficient (Wildman–Crippen LogP) is 2.40. The first-order valence-electron chi connectivity index (χ1n) is 6.17. The highest BCUT2D eigenvalue weighted by molar-refractivity contribution is 5.98. The van der Waals surface area contributed by atoms with Crippen molar-refractivity contribution in [3.63, 3.8) is 0 Å². The van der Waals surface area contributed by atoms with E-state index >= 15 is 0 Å². The Morgan fingerprint density at radius 1 is 1.37 bits per heavy atom. The van der Waals surface area contributed by atoms with E-state index in [1.165, 1.54) is 0 Å². The van der Waals surface area contributed by atoms with Crippen LogP contribution < -0.4 is 5.73 Å². The van der Waals surface area contributed by atoms with Gasteiger partial charge in [-0.05, 0) is 42.7 Å². The quantitative estimate of drug-likeness (QED) is 0.384. The highest BCUT2D eigenvalue weighted by Crippen LogP contribution is 2.17. The Kier molecular flexibility index (Phi) is 3.55. The molecule has 0 aliphatic rings. The highest BCUT2D eigenvalue weighted by atomic mass is 16.4. The number of aryl methyl sites for hydroxylation is 1. The smallest absolute Gasteiger partial charge is 0.170 e. The average Bonchev–Trinajstić information content (AvgIpc) is 2.87. The molecule has 0 aliphatic carbocycles. The largest absolute Gasteiger partial charge is 0.409 e. The zero-order chi connectivity index (χ0) is 14.0. The van der Waals surface area contributed by atoms with E-state index in [2.05, 4.69) is 24.1 Å². The summed E-state index contributed by atoms with van der Waals surface area (Å²) in [5, 5.41) is 16.3. The van der Waals surface area contributed by atoms with E-state index in [1.54, 1.807) is 0 Å². The van der Waals surface area contributed by atoms with Crippen LogP contribution in [-0.4, -0.2) is 20.8 Å². The summed E-state index contributed by atoms with van der Waals surface area (Å²) in [5.41, 5.74) is 9.28. The van der Waals surface area contributed by atoms with Gasteiger partial charge in [-0.1, -0.05) is 19.0 Å². The number of rotatable bonds is 3. The molecule has 0 saturated heterocycles. The number of nitrogens with two attached hydrogens (primary N) is 1. The standard InChI is InChI=1S/C14H18N4O/c1-9(2)13-6-7-18(16-13)11-4-5-12(10(3)8-11)14(15)17-19/h4-9,19H,1-3H3,(H2,15,17). The SMILES string of the molecule is Cc1cc(-n2ccc(C(C)C)n2)ccc1/C(N)=N/O. The van der Waals surface area contributed by atoms with Crippen molar-refractivity contribution in [3.05, 3.63) is 47.3 Å². The van der Waals surface area contributed by atoms with Crippen LogP contribution in [0.5, 0.6) is 0 Å². The number of benzene rings is 1. The van der Waals surface area contributed by atoms with E-state index in [0.717, 1.165) is 22.5 Å². The monoisotopic (exact) mass is 258 g/mol. The van der Waals surface area contributed by atoms with Gasteiger partial charge in [0.1, 0.15) is 0 Å². The maximum absolute atomic E-state index is 8.71. The summed E-state index contributed by atoms with van der Waals surface area (Å²) in [4.78, 5) is 0. The molecule has 3 N–H and O–H groups in total. The maximum Gasteiger partial charge on any atom is 0.170 e. The number of oxime groups is 1. The van der Waals surface area contributed by atoms with Crippen molar-refractivity contribution >= 4 is 5.84 Å². The van der Waals surface area contributed by atoms with Crippen LogP contribution in [0.4, 0.5) is 0 Å². The fourth-order valence-corrected chi connectivity index (χ4v) is 1.92. The average molecular weight is 258 g/mol. The van der Waals surface area contributed by atoms with Crippen LogP contribution in [-0.2, 0) is 0 Å². The van der Waals surface area contributed by atoms with Crippen molar-refractivity contribution in [2.75, 3.05) is 0 Å². The van der Waals surface area contributed by atoms with Crippen LogP contribution in [0.1, 0.15) is 36.6 Å². The van der Waals surface area contributed by atoms with Crippen molar-refractivity contribution in [3.8, 4) is 5.69 Å². The topological polar surface area (TPSA) is 76.4 Å². The summed E-state index contributed by atoms with van der Waals surface area (Å²) in [6.07, 6.45) is 1.94. The first kappa shape index (κ1) is 13.1. The highest BCUT2D eigenvalue weighted by Gasteiger charge is 2.08. The van der Waals surface area contributed by atoms with Crippen molar-refractivity contribution in [1.82, 2.24) is 9.78 Å². The van der Waals surface area contributed by atoms with Crippen LogP contribution in [0.3, 0.4) is 0 Å². The van der Waals surface area contributed by atoms with Gasteiger partial charge in [0.15, 0.2) is 5.84 Å². The Hall–Kier alpha value is -2.30. The Morgan fingerprint density at radius 2 is 2.11 bits per heavy atom. The van der Waals surface area contributed by atoms with E-state index in [1.807, 2.05) is 42.1 Å². The fraction of sp³-hybridized carbons (Fsp3) is 0.286. The molecule has 1 aromatic carbocycles. The second kappa shape index (κ2) is 5.14. The summed E-state index contributed by atoms with van der Waals surface area (Å²) in [7, 11) is 0. The Labute approximate surface area is 112 Å². The molecule has 1 aromatic heterocycles. The van der Waals surface area contributed by atoms with Gasteiger partial charge in [0, 0.05) is 11.8 Å². The van der Waals surface area contributed by atoms with E-state index in [-0.39, 0.29) is 5.84 Å². The van der Waals surface area contributed by atoms with Gasteiger partial charge in [0.05, 0.1) is 11.4 Å². The summed E-state index contributed by atoms with van der Waals surface area (Å²) >= 11 is 0. The molecule has 1 heterocycles. The zero-order valence-corrected chi connectivity index (χ0v) is 11.3. The lowest BCUT2D eigenvalue weighted by Crippen LogP contribution is -2.14. The first-order valence-corrected chi connectivity index (χ1v) is 6.17. The minimum atomic E-state index is 0.118. The molecule has 5 nitrogen and oxygen atoms in total. The van der Waals surface area contributed by atoms with E-state index in [0.29, 0.717) is 5.92 Å². The normalized spacial score (nSPS) is 12.1. The lowest BCUT2D eigenvalue weighted by atomic mass is 10.1. The van der Waals surface area contributed by atoms with Gasteiger partial charge >= 0.3 is 0 Å². The minimum Gasteiger partial charge on any atom is -0.409 e. The number of amidine groups is 1. The van der Waals surface area contributed by atoms with Gasteiger partial charge in [0.2, 0.25) is 0 Å². The Morgan fingerprint density at radius 3 is 2.63 bits per heavy atom. The van der Waals surface area contributed by atoms with Crippen molar-refractivity contribution in [1.29, 1.82) is 0 Å². The summed E-state index contributed by atoms with van der Waals surface area (Å²) in [6, 6.07) is 7.70. The van der Waals surface area contributed by atoms with Crippen LogP contribution in [0.15, 0.2) is 35.6 Å². The van der Waals surface area contributed by atoms with Crippen molar-refractivity contribution < 1.29 is 5.21 Å². The molecule has 0 bridgehead atoms. The third-order valence-electron chi connectivity index (χ3n) is 3.06. The molecule has 100 valence electrons. The van der Waals surface area contributed by atoms with Crippen molar-refractivity contribution in [2.24, 2.45) is 10.9 Å². The predicted molar refractivity (Wildman–Crippen MR) is 74.9 cm³/mol. The third kappa shape index (κ3) is 2.59. The summed E-state index contributed by atoms with van der Waals surface area (Å²) in [6.45, 7) is 6.14. The second-order valence-electron chi connectivity index (χ2n) is 4.82. The van der Waals surface area contributed by atoms with Crippen LogP contribution >= 0.6 is 0 Å². The summed E-state index contributed by atoms with van der Waals surface area (Å²) < 4.78 is 1.83. The molecular formula is C14H18N4O. The molecule has 0 amide bonds. The summed E-state index contributed by atoms with van der Waals surface area (Å²) in [5.74, 6) is 0.520. The molecule has 0 radical (unpaired) electrons. The van der Waals surface area contributed by atoms with E-state index < -0.39 is 0 Å². The molecule has 0 atom stereocenters. The van der Waals surface area contributed by atoms with Crippen LogP contribution in [0.2, 0.25) is 0 Å². The number of hydrogen-bond acceptors (Lipinski definition) is 3. The molecule has 0 fully saturated rings. The van der Waals surface area contributed by atoms with Crippen LogP contribution in [0, 0.1) is 6.92 Å². The Balaban J connectivity index is 2.38. The lowest BCUT2D eigenvalue weighted by Gasteiger charge is -2.07. The molecule has 0 unspecified atom stereocenters. The van der Waals surface area contributed by atoms with Gasteiger partial charge < -0.3 is 10.9 Å². The van der Waals surface area contributed by atoms with Crippen molar-refractivity contribution in [2.45, 2.75) is 26.7 Å². The fourth-order valence-electron chi connectivity index (χ4n) is 1.92. The number of nitrogens with zero attached hydrogens (tertiary/aromatic N) is 3. The van der Waals surface area contributed by atoms with E-state index in [4.69, 9.17) is 10.9 Å². The molecule has 0 aliphatic heterocycles. The zero-order valence-electron chi connectivity index (χ0n) is 11.3. The Bertz CT molecular complexity index is 614. The van der Waals surface area contributed by atoms with Gasteiger partial charge in [-0.2, -0.15) is 5.10 Å². The van der Waals surface area contributed by atoms with Crippen LogP contribution in [0.25, 0.3) is 5.69 Å². The number of aromatic nitrogens is 2. The number of hydrogen-bond donors (Lipinski definition) is 2. The third-order valence-corrected chi connectivity index (χ3v) is 3.06. The molecule has 5 heteroatoms. The molecule has 0 spiro atoms. The van der Waals surface area contributed by atoms with Gasteiger partial charge in [-0.25, -0.2) is 4.68 Å². The van der Waals surface area contributed by atoms with Gasteiger partial charge in [0.25, 0.3) is 0 Å². The lowest BCUT2D eigenvalue weighted by molar-refractivity contribution is 0.318. The van der Waals surface area contributed by atoms with Gasteiger partial charge in [-0.15, -0.1) is 0 Å². The molecular weight excluding hydrogens is 240 g/mol.